The van der Waals surface area contributed by atoms with Gasteiger partial charge >= 0.3 is 0 Å². The molecule has 0 radical (unpaired) electrons. The van der Waals surface area contributed by atoms with Crippen LogP contribution in [0.5, 0.6) is 0 Å². The summed E-state index contributed by atoms with van der Waals surface area (Å²) < 4.78 is 0. The fraction of sp³-hybridized carbons (Fsp3) is 1.00. The Bertz CT molecular complexity index is 184. The summed E-state index contributed by atoms with van der Waals surface area (Å²) in [5, 5.41) is 0. The Morgan fingerprint density at radius 2 is 1.32 bits per heavy atom. The minimum Gasteiger partial charge on any atom is -0.0654 e. The second kappa shape index (κ2) is 11.8. The summed E-state index contributed by atoms with van der Waals surface area (Å²) in [5.74, 6) is 2.08. The van der Waals surface area contributed by atoms with Gasteiger partial charge in [-0.2, -0.15) is 0 Å². The molecule has 1 aliphatic carbocycles. The van der Waals surface area contributed by atoms with E-state index < -0.39 is 0 Å². The van der Waals surface area contributed by atoms with Crippen LogP contribution in [0.2, 0.25) is 0 Å². The Morgan fingerprint density at radius 1 is 0.737 bits per heavy atom. The van der Waals surface area contributed by atoms with Crippen molar-refractivity contribution in [3.8, 4) is 0 Å². The van der Waals surface area contributed by atoms with E-state index in [0.29, 0.717) is 0 Å². The first kappa shape index (κ1) is 17.1. The molecular formula is C19H38. The number of hydrogen-bond donors (Lipinski definition) is 0. The molecule has 114 valence electrons. The van der Waals surface area contributed by atoms with Crippen molar-refractivity contribution in [3.63, 3.8) is 0 Å². The molecule has 0 heteroatoms. The highest BCUT2D eigenvalue weighted by molar-refractivity contribution is 4.69. The highest BCUT2D eigenvalue weighted by atomic mass is 14.2. The van der Waals surface area contributed by atoms with Crippen LogP contribution in [0.25, 0.3) is 0 Å². The molecule has 0 bridgehead atoms. The molecule has 0 aliphatic heterocycles. The van der Waals surface area contributed by atoms with Gasteiger partial charge in [-0.05, 0) is 18.3 Å². The first-order valence-electron chi connectivity index (χ1n) is 9.33. The van der Waals surface area contributed by atoms with Crippen LogP contribution in [0.4, 0.5) is 0 Å². The lowest BCUT2D eigenvalue weighted by Crippen LogP contribution is -2.03. The molecule has 0 saturated heterocycles. The minimum absolute atomic E-state index is 1.01. The van der Waals surface area contributed by atoms with Crippen LogP contribution < -0.4 is 0 Å². The summed E-state index contributed by atoms with van der Waals surface area (Å²) in [6.07, 6.45) is 22.3. The van der Waals surface area contributed by atoms with E-state index in [1.807, 2.05) is 0 Å². The summed E-state index contributed by atoms with van der Waals surface area (Å²) in [7, 11) is 0. The summed E-state index contributed by atoms with van der Waals surface area (Å²) >= 11 is 0. The minimum atomic E-state index is 1.01. The molecule has 0 aromatic heterocycles. The maximum atomic E-state index is 2.47. The lowest BCUT2D eigenvalue weighted by atomic mass is 9.90. The molecule has 0 amide bonds. The van der Waals surface area contributed by atoms with Crippen molar-refractivity contribution in [2.45, 2.75) is 110 Å². The van der Waals surface area contributed by atoms with E-state index >= 15 is 0 Å². The summed E-state index contributed by atoms with van der Waals surface area (Å²) in [5.41, 5.74) is 0. The lowest BCUT2D eigenvalue weighted by molar-refractivity contribution is 0.360. The molecule has 0 N–H and O–H groups in total. The predicted molar refractivity (Wildman–Crippen MR) is 87.6 cm³/mol. The van der Waals surface area contributed by atoms with Crippen molar-refractivity contribution < 1.29 is 0 Å². The van der Waals surface area contributed by atoms with Gasteiger partial charge in [0.25, 0.3) is 0 Å². The Labute approximate surface area is 122 Å². The molecule has 0 aromatic rings. The van der Waals surface area contributed by atoms with E-state index in [2.05, 4.69) is 13.8 Å². The van der Waals surface area contributed by atoms with Crippen molar-refractivity contribution in [2.24, 2.45) is 11.8 Å². The molecule has 0 nitrogen and oxygen atoms in total. The number of rotatable bonds is 10. The monoisotopic (exact) mass is 266 g/mol. The van der Waals surface area contributed by atoms with Crippen LogP contribution in [-0.2, 0) is 0 Å². The van der Waals surface area contributed by atoms with Gasteiger partial charge in [0.05, 0.1) is 0 Å². The highest BCUT2D eigenvalue weighted by Gasteiger charge is 2.16. The molecule has 1 saturated carbocycles. The largest absolute Gasteiger partial charge is 0.0654 e. The van der Waals surface area contributed by atoms with Gasteiger partial charge in [0.2, 0.25) is 0 Å². The second-order valence-corrected chi connectivity index (χ2v) is 7.11. The predicted octanol–water partition coefficient (Wildman–Crippen LogP) is 7.12. The van der Waals surface area contributed by atoms with Gasteiger partial charge in [-0.15, -0.1) is 0 Å². The zero-order chi connectivity index (χ0) is 13.8. The second-order valence-electron chi connectivity index (χ2n) is 7.11. The van der Waals surface area contributed by atoms with Crippen LogP contribution in [0.15, 0.2) is 0 Å². The molecule has 19 heavy (non-hydrogen) atoms. The highest BCUT2D eigenvalue weighted by Crippen LogP contribution is 2.30. The van der Waals surface area contributed by atoms with Crippen molar-refractivity contribution in [1.82, 2.24) is 0 Å². The van der Waals surface area contributed by atoms with Crippen LogP contribution in [0, 0.1) is 11.8 Å². The Kier molecular flexibility index (Phi) is 10.6. The van der Waals surface area contributed by atoms with Gasteiger partial charge in [0, 0.05) is 0 Å². The molecule has 2 unspecified atom stereocenters. The molecule has 1 aliphatic rings. The summed E-state index contributed by atoms with van der Waals surface area (Å²) in [4.78, 5) is 0. The number of hydrogen-bond acceptors (Lipinski definition) is 0. The van der Waals surface area contributed by atoms with E-state index in [1.165, 1.54) is 96.3 Å². The Hall–Kier alpha value is 0. The van der Waals surface area contributed by atoms with E-state index in [9.17, 15) is 0 Å². The van der Waals surface area contributed by atoms with Gasteiger partial charge in [-0.3, -0.25) is 0 Å². The van der Waals surface area contributed by atoms with Gasteiger partial charge in [0.1, 0.15) is 0 Å². The standard InChI is InChI=1S/C19H38/c1-3-4-5-6-7-8-9-10-11-15-19-16-13-12-14-18(2)17-19/h18-19H,3-17H2,1-2H3. The van der Waals surface area contributed by atoms with Gasteiger partial charge in [-0.1, -0.05) is 104 Å². The van der Waals surface area contributed by atoms with E-state index in [0.717, 1.165) is 11.8 Å². The maximum absolute atomic E-state index is 2.47. The molecule has 0 spiro atoms. The van der Waals surface area contributed by atoms with Crippen LogP contribution in [0.1, 0.15) is 110 Å². The smallest absolute Gasteiger partial charge is 0.0412 e. The van der Waals surface area contributed by atoms with Crippen molar-refractivity contribution in [1.29, 1.82) is 0 Å². The van der Waals surface area contributed by atoms with Gasteiger partial charge in [-0.25, -0.2) is 0 Å². The Balaban J connectivity index is 1.87. The fourth-order valence-corrected chi connectivity index (χ4v) is 3.74. The third kappa shape index (κ3) is 9.52. The fourth-order valence-electron chi connectivity index (χ4n) is 3.74. The molecule has 0 heterocycles. The van der Waals surface area contributed by atoms with Crippen molar-refractivity contribution >= 4 is 0 Å². The Morgan fingerprint density at radius 3 is 2.00 bits per heavy atom. The van der Waals surface area contributed by atoms with E-state index in [-0.39, 0.29) is 0 Å². The normalized spacial score (nSPS) is 24.3. The maximum Gasteiger partial charge on any atom is -0.0412 e. The topological polar surface area (TPSA) is 0 Å². The zero-order valence-electron chi connectivity index (χ0n) is 13.8. The van der Waals surface area contributed by atoms with E-state index in [4.69, 9.17) is 0 Å². The molecule has 1 fully saturated rings. The SMILES string of the molecule is CCCCCCCCCCCC1CCCCC(C)C1. The third-order valence-corrected chi connectivity index (χ3v) is 5.01. The molecular weight excluding hydrogens is 228 g/mol. The third-order valence-electron chi connectivity index (χ3n) is 5.01. The van der Waals surface area contributed by atoms with Crippen LogP contribution in [-0.4, -0.2) is 0 Å². The van der Waals surface area contributed by atoms with Crippen molar-refractivity contribution in [3.05, 3.63) is 0 Å². The molecule has 0 aromatic carbocycles. The quantitative estimate of drug-likeness (QED) is 0.291. The number of unbranched alkanes of at least 4 members (excludes halogenated alkanes) is 8. The molecule has 2 atom stereocenters. The first-order valence-corrected chi connectivity index (χ1v) is 9.33. The summed E-state index contributed by atoms with van der Waals surface area (Å²) in [6, 6.07) is 0. The van der Waals surface area contributed by atoms with Crippen molar-refractivity contribution in [2.75, 3.05) is 0 Å². The average Bonchev–Trinajstić information content (AvgIpc) is 2.61. The zero-order valence-corrected chi connectivity index (χ0v) is 13.8. The first-order chi connectivity index (χ1) is 9.33. The lowest BCUT2D eigenvalue weighted by Gasteiger charge is -2.16. The van der Waals surface area contributed by atoms with Gasteiger partial charge in [0.15, 0.2) is 0 Å². The molecule has 1 rings (SSSR count). The van der Waals surface area contributed by atoms with Crippen LogP contribution >= 0.6 is 0 Å². The van der Waals surface area contributed by atoms with Crippen LogP contribution in [0.3, 0.4) is 0 Å². The van der Waals surface area contributed by atoms with Gasteiger partial charge < -0.3 is 0 Å². The van der Waals surface area contributed by atoms with E-state index in [1.54, 1.807) is 0 Å². The average molecular weight is 267 g/mol. The summed E-state index contributed by atoms with van der Waals surface area (Å²) in [6.45, 7) is 4.77.